The zero-order valence-corrected chi connectivity index (χ0v) is 10.5. The third kappa shape index (κ3) is 1.77. The lowest BCUT2D eigenvalue weighted by atomic mass is 9.93. The van der Waals surface area contributed by atoms with E-state index in [1.54, 1.807) is 17.8 Å². The van der Waals surface area contributed by atoms with E-state index in [1.807, 2.05) is 20.8 Å². The van der Waals surface area contributed by atoms with E-state index >= 15 is 0 Å². The molecule has 0 fully saturated rings. The number of hydrogen-bond acceptors (Lipinski definition) is 2. The first-order valence-corrected chi connectivity index (χ1v) is 6.51. The van der Waals surface area contributed by atoms with Crippen LogP contribution in [0.15, 0.2) is 12.1 Å². The number of thioether (sulfide) groups is 1. The van der Waals surface area contributed by atoms with Crippen molar-refractivity contribution in [2.75, 3.05) is 0 Å². The molecule has 1 aromatic carbocycles. The second kappa shape index (κ2) is 4.21. The minimum absolute atomic E-state index is 0.0394. The van der Waals surface area contributed by atoms with Crippen LogP contribution in [0.1, 0.15) is 35.3 Å². The van der Waals surface area contributed by atoms with Gasteiger partial charge in [0, 0.05) is 5.75 Å². The summed E-state index contributed by atoms with van der Waals surface area (Å²) >= 11 is 1.63. The van der Waals surface area contributed by atoms with Crippen molar-refractivity contribution in [3.05, 3.63) is 34.6 Å². The molecule has 16 heavy (non-hydrogen) atoms. The third-order valence-electron chi connectivity index (χ3n) is 3.01. The second-order valence-electron chi connectivity index (χ2n) is 4.56. The fraction of sp³-hybridized carbons (Fsp3) is 0.462. The van der Waals surface area contributed by atoms with Crippen LogP contribution in [0.5, 0.6) is 0 Å². The van der Waals surface area contributed by atoms with E-state index < -0.39 is 0 Å². The first-order valence-electron chi connectivity index (χ1n) is 5.46. The maximum Gasteiger partial charge on any atom is 0.179 e. The van der Waals surface area contributed by atoms with E-state index in [-0.39, 0.29) is 22.8 Å². The molecule has 1 aromatic rings. The molecule has 0 spiro atoms. The van der Waals surface area contributed by atoms with Gasteiger partial charge in [-0.2, -0.15) is 0 Å². The molecule has 0 aromatic heterocycles. The highest BCUT2D eigenvalue weighted by Gasteiger charge is 2.33. The third-order valence-corrected chi connectivity index (χ3v) is 4.59. The number of benzene rings is 1. The van der Waals surface area contributed by atoms with Crippen molar-refractivity contribution in [1.82, 2.24) is 0 Å². The molecule has 1 heterocycles. The Morgan fingerprint density at radius 2 is 2.12 bits per heavy atom. The van der Waals surface area contributed by atoms with Crippen LogP contribution in [-0.2, 0) is 5.75 Å². The number of rotatable bonds is 1. The Balaban J connectivity index is 2.52. The second-order valence-corrected chi connectivity index (χ2v) is 5.69. The maximum absolute atomic E-state index is 13.7. The number of aryl methyl sites for hydroxylation is 1. The SMILES string of the molecule is Cc1ccc(F)c2c1CSC(C(C)C)C2=O. The first kappa shape index (κ1) is 11.6. The molecule has 0 saturated carbocycles. The molecule has 1 nitrogen and oxygen atoms in total. The molecule has 2 rings (SSSR count). The van der Waals surface area contributed by atoms with Gasteiger partial charge in [0.1, 0.15) is 5.82 Å². The Hall–Kier alpha value is -0.830. The van der Waals surface area contributed by atoms with Crippen LogP contribution in [0.25, 0.3) is 0 Å². The van der Waals surface area contributed by atoms with Crippen molar-refractivity contribution >= 4 is 17.5 Å². The number of hydrogen-bond donors (Lipinski definition) is 0. The molecule has 86 valence electrons. The summed E-state index contributed by atoms with van der Waals surface area (Å²) in [6.45, 7) is 5.95. The van der Waals surface area contributed by atoms with Gasteiger partial charge in [-0.3, -0.25) is 4.79 Å². The average Bonchev–Trinajstić information content (AvgIpc) is 2.23. The summed E-state index contributed by atoms with van der Waals surface area (Å²) in [6, 6.07) is 3.15. The number of carbonyl (C=O) groups excluding carboxylic acids is 1. The van der Waals surface area contributed by atoms with Crippen LogP contribution in [-0.4, -0.2) is 11.0 Å². The Kier molecular flexibility index (Phi) is 3.06. The zero-order valence-electron chi connectivity index (χ0n) is 9.71. The molecule has 1 atom stereocenters. The van der Waals surface area contributed by atoms with Gasteiger partial charge in [-0.05, 0) is 30.0 Å². The lowest BCUT2D eigenvalue weighted by molar-refractivity contribution is 0.0969. The van der Waals surface area contributed by atoms with Crippen molar-refractivity contribution in [3.63, 3.8) is 0 Å². The molecule has 0 N–H and O–H groups in total. The van der Waals surface area contributed by atoms with Crippen molar-refractivity contribution in [3.8, 4) is 0 Å². The highest BCUT2D eigenvalue weighted by atomic mass is 32.2. The van der Waals surface area contributed by atoms with Gasteiger partial charge in [-0.15, -0.1) is 11.8 Å². The summed E-state index contributed by atoms with van der Waals surface area (Å²) in [5, 5.41) is -0.0937. The van der Waals surface area contributed by atoms with Gasteiger partial charge in [0.2, 0.25) is 0 Å². The summed E-state index contributed by atoms with van der Waals surface area (Å²) in [7, 11) is 0. The smallest absolute Gasteiger partial charge is 0.179 e. The molecule has 3 heteroatoms. The molecule has 0 aliphatic carbocycles. The molecule has 0 bridgehead atoms. The van der Waals surface area contributed by atoms with Gasteiger partial charge >= 0.3 is 0 Å². The molecule has 0 saturated heterocycles. The van der Waals surface area contributed by atoms with Crippen molar-refractivity contribution in [2.45, 2.75) is 31.8 Å². The van der Waals surface area contributed by atoms with Crippen molar-refractivity contribution < 1.29 is 9.18 Å². The van der Waals surface area contributed by atoms with Crippen molar-refractivity contribution in [2.24, 2.45) is 5.92 Å². The normalized spacial score (nSPS) is 20.1. The van der Waals surface area contributed by atoms with Gasteiger partial charge in [0.15, 0.2) is 5.78 Å². The van der Waals surface area contributed by atoms with E-state index in [0.29, 0.717) is 5.56 Å². The monoisotopic (exact) mass is 238 g/mol. The molecular weight excluding hydrogens is 223 g/mol. The summed E-state index contributed by atoms with van der Waals surface area (Å²) in [4.78, 5) is 12.2. The summed E-state index contributed by atoms with van der Waals surface area (Å²) in [6.07, 6.45) is 0. The summed E-state index contributed by atoms with van der Waals surface area (Å²) in [5.41, 5.74) is 2.23. The lowest BCUT2D eigenvalue weighted by Crippen LogP contribution is -2.29. The van der Waals surface area contributed by atoms with Gasteiger partial charge in [0.05, 0.1) is 10.8 Å². The molecular formula is C13H15FOS. The number of fused-ring (bicyclic) bond motifs is 1. The Morgan fingerprint density at radius 1 is 1.44 bits per heavy atom. The molecule has 0 radical (unpaired) electrons. The van der Waals surface area contributed by atoms with E-state index in [4.69, 9.17) is 0 Å². The number of halogens is 1. The van der Waals surface area contributed by atoms with Gasteiger partial charge in [-0.25, -0.2) is 4.39 Å². The van der Waals surface area contributed by atoms with E-state index in [1.165, 1.54) is 6.07 Å². The highest BCUT2D eigenvalue weighted by molar-refractivity contribution is 8.00. The van der Waals surface area contributed by atoms with E-state index in [9.17, 15) is 9.18 Å². The fourth-order valence-corrected chi connectivity index (χ4v) is 3.43. The topological polar surface area (TPSA) is 17.1 Å². The molecule has 1 aliphatic heterocycles. The Morgan fingerprint density at radius 3 is 2.75 bits per heavy atom. The van der Waals surface area contributed by atoms with E-state index in [0.717, 1.165) is 16.9 Å². The molecule has 0 amide bonds. The van der Waals surface area contributed by atoms with Crippen LogP contribution in [0.2, 0.25) is 0 Å². The largest absolute Gasteiger partial charge is 0.293 e. The van der Waals surface area contributed by atoms with Crippen LogP contribution in [0, 0.1) is 18.7 Å². The first-order chi connectivity index (χ1) is 7.52. The average molecular weight is 238 g/mol. The lowest BCUT2D eigenvalue weighted by Gasteiger charge is -2.27. The minimum atomic E-state index is -0.364. The maximum atomic E-state index is 13.7. The predicted octanol–water partition coefficient (Wildman–Crippen LogP) is 3.59. The Bertz CT molecular complexity index is 440. The summed E-state index contributed by atoms with van der Waals surface area (Å²) < 4.78 is 13.7. The van der Waals surface area contributed by atoms with Crippen LogP contribution >= 0.6 is 11.8 Å². The number of ketones is 1. The van der Waals surface area contributed by atoms with Crippen molar-refractivity contribution in [1.29, 1.82) is 0 Å². The highest BCUT2D eigenvalue weighted by Crippen LogP contribution is 2.36. The van der Waals surface area contributed by atoms with Crippen LogP contribution < -0.4 is 0 Å². The minimum Gasteiger partial charge on any atom is -0.293 e. The standard InChI is InChI=1S/C13H15FOS/c1-7(2)13-12(15)11-9(6-16-13)8(3)4-5-10(11)14/h4-5,7,13H,6H2,1-3H3. The molecule has 1 aliphatic rings. The van der Waals surface area contributed by atoms with E-state index in [2.05, 4.69) is 0 Å². The van der Waals surface area contributed by atoms with Gasteiger partial charge in [0.25, 0.3) is 0 Å². The van der Waals surface area contributed by atoms with Crippen LogP contribution in [0.4, 0.5) is 4.39 Å². The molecule has 1 unspecified atom stereocenters. The number of carbonyl (C=O) groups is 1. The number of Topliss-reactive ketones (excluding diaryl/α,β-unsaturated/α-hetero) is 1. The predicted molar refractivity (Wildman–Crippen MR) is 65.4 cm³/mol. The fourth-order valence-electron chi connectivity index (χ4n) is 2.06. The Labute approximate surface area is 99.4 Å². The zero-order chi connectivity index (χ0) is 11.9. The van der Waals surface area contributed by atoms with Gasteiger partial charge < -0.3 is 0 Å². The quantitative estimate of drug-likeness (QED) is 0.743. The van der Waals surface area contributed by atoms with Crippen LogP contribution in [0.3, 0.4) is 0 Å². The summed E-state index contributed by atoms with van der Waals surface area (Å²) in [5.74, 6) is 0.595. The van der Waals surface area contributed by atoms with Gasteiger partial charge in [-0.1, -0.05) is 19.9 Å².